The molecule has 0 aliphatic heterocycles. The van der Waals surface area contributed by atoms with E-state index in [9.17, 15) is 44.1 Å². The van der Waals surface area contributed by atoms with Gasteiger partial charge in [-0.05, 0) is 65.0 Å². The van der Waals surface area contributed by atoms with Gasteiger partial charge in [-0.1, -0.05) is 0 Å². The summed E-state index contributed by atoms with van der Waals surface area (Å²) in [6.45, 7) is 1.05. The molecular weight excluding hydrogens is 544 g/mol. The third-order valence-corrected chi connectivity index (χ3v) is 6.09. The van der Waals surface area contributed by atoms with E-state index in [1.807, 2.05) is 0 Å². The van der Waals surface area contributed by atoms with Gasteiger partial charge in [0.1, 0.15) is 30.2 Å². The minimum Gasteiger partial charge on any atom is -0.480 e. The van der Waals surface area contributed by atoms with Gasteiger partial charge in [0.25, 0.3) is 0 Å². The summed E-state index contributed by atoms with van der Waals surface area (Å²) >= 11 is 0. The molecule has 0 saturated carbocycles. The van der Waals surface area contributed by atoms with Crippen LogP contribution in [0.25, 0.3) is 0 Å². The number of carbonyl (C=O) groups excluding carboxylic acids is 5. The molecule has 0 spiro atoms. The van der Waals surface area contributed by atoms with E-state index in [1.165, 1.54) is 6.92 Å². The Morgan fingerprint density at radius 2 is 1.10 bits per heavy atom. The number of hydrogen-bond acceptors (Lipinski definition) is 11. The number of aliphatic hydroxyl groups is 2. The number of unbranched alkanes of at least 4 members (excludes halogenated alkanes) is 2. The molecule has 17 heteroatoms. The van der Waals surface area contributed by atoms with Crippen molar-refractivity contribution in [3.8, 4) is 0 Å². The number of aliphatic hydroxyl groups excluding tert-OH is 2. The van der Waals surface area contributed by atoms with Gasteiger partial charge in [0.05, 0.1) is 12.7 Å². The molecule has 17 nitrogen and oxygen atoms in total. The molecule has 236 valence electrons. The number of nitrogens with one attached hydrogen (secondary N) is 4. The molecule has 0 heterocycles. The van der Waals surface area contributed by atoms with Gasteiger partial charge in [-0.15, -0.1) is 0 Å². The second-order valence-electron chi connectivity index (χ2n) is 9.61. The summed E-state index contributed by atoms with van der Waals surface area (Å²) in [6.07, 6.45) is 0.228. The highest BCUT2D eigenvalue weighted by molar-refractivity contribution is 5.95. The van der Waals surface area contributed by atoms with Crippen LogP contribution in [0.5, 0.6) is 0 Å². The lowest BCUT2D eigenvalue weighted by Crippen LogP contribution is -2.59. The maximum atomic E-state index is 13.0. The van der Waals surface area contributed by atoms with Crippen molar-refractivity contribution in [1.29, 1.82) is 0 Å². The van der Waals surface area contributed by atoms with Gasteiger partial charge in [0, 0.05) is 6.42 Å². The predicted molar refractivity (Wildman–Crippen MR) is 146 cm³/mol. The van der Waals surface area contributed by atoms with Crippen molar-refractivity contribution in [2.24, 2.45) is 22.9 Å². The molecule has 0 rings (SSSR count). The normalized spacial score (nSPS) is 15.4. The van der Waals surface area contributed by atoms with Gasteiger partial charge in [0.2, 0.25) is 29.5 Å². The molecule has 0 fully saturated rings. The van der Waals surface area contributed by atoms with Crippen molar-refractivity contribution < 1.29 is 44.1 Å². The Balaban J connectivity index is 5.63. The van der Waals surface area contributed by atoms with Crippen molar-refractivity contribution >= 4 is 35.5 Å². The van der Waals surface area contributed by atoms with Gasteiger partial charge in [-0.3, -0.25) is 24.0 Å². The molecule has 15 N–H and O–H groups in total. The van der Waals surface area contributed by atoms with Crippen molar-refractivity contribution in [2.75, 3.05) is 19.7 Å². The van der Waals surface area contributed by atoms with Crippen LogP contribution in [0.4, 0.5) is 0 Å². The Hall–Kier alpha value is -3.38. The second kappa shape index (κ2) is 20.5. The number of carboxylic acid groups (broad SMARTS) is 1. The topological polar surface area (TPSA) is 315 Å². The van der Waals surface area contributed by atoms with Crippen LogP contribution in [0.1, 0.15) is 58.3 Å². The minimum atomic E-state index is -1.54. The second-order valence-corrected chi connectivity index (χ2v) is 9.61. The SMILES string of the molecule is CC(O)C(N)C(=O)NC(CCCCN)C(=O)NC(CO)C(=O)NC(CCCCN)C(=O)NC(CCC(N)=O)C(=O)O. The van der Waals surface area contributed by atoms with Crippen molar-refractivity contribution in [2.45, 2.75) is 94.6 Å². The third-order valence-electron chi connectivity index (χ3n) is 6.09. The quantitative estimate of drug-likeness (QED) is 0.0529. The van der Waals surface area contributed by atoms with Crippen molar-refractivity contribution in [1.82, 2.24) is 21.3 Å². The Bertz CT molecular complexity index is 874. The van der Waals surface area contributed by atoms with Gasteiger partial charge in [-0.25, -0.2) is 4.79 Å². The van der Waals surface area contributed by atoms with Crippen molar-refractivity contribution in [3.63, 3.8) is 0 Å². The molecule has 0 aliphatic rings. The molecule has 6 unspecified atom stereocenters. The van der Waals surface area contributed by atoms with Gasteiger partial charge in [-0.2, -0.15) is 0 Å². The fraction of sp³-hybridized carbons (Fsp3) is 0.750. The number of aliphatic carboxylic acids is 1. The molecule has 0 aliphatic carbocycles. The fourth-order valence-corrected chi connectivity index (χ4v) is 3.57. The zero-order chi connectivity index (χ0) is 31.5. The molecule has 0 saturated heterocycles. The van der Waals surface area contributed by atoms with Crippen LogP contribution in [0.2, 0.25) is 0 Å². The molecule has 6 atom stereocenters. The zero-order valence-corrected chi connectivity index (χ0v) is 23.3. The average molecular weight is 591 g/mol. The number of nitrogens with two attached hydrogens (primary N) is 4. The van der Waals surface area contributed by atoms with E-state index in [2.05, 4.69) is 21.3 Å². The molecule has 5 amide bonds. The molecule has 0 radical (unpaired) electrons. The van der Waals surface area contributed by atoms with Crippen LogP contribution in [-0.4, -0.2) is 107 Å². The highest BCUT2D eigenvalue weighted by Gasteiger charge is 2.31. The summed E-state index contributed by atoms with van der Waals surface area (Å²) in [6, 6.07) is -6.76. The smallest absolute Gasteiger partial charge is 0.326 e. The van der Waals surface area contributed by atoms with E-state index in [-0.39, 0.29) is 25.7 Å². The summed E-state index contributed by atoms with van der Waals surface area (Å²) in [4.78, 5) is 73.7. The Labute approximate surface area is 238 Å². The van der Waals surface area contributed by atoms with Crippen LogP contribution in [0.3, 0.4) is 0 Å². The first kappa shape index (κ1) is 37.6. The first-order valence-corrected chi connectivity index (χ1v) is 13.5. The maximum absolute atomic E-state index is 13.0. The zero-order valence-electron chi connectivity index (χ0n) is 23.3. The molecule has 0 aromatic heterocycles. The number of amides is 5. The first-order chi connectivity index (χ1) is 19.3. The highest BCUT2D eigenvalue weighted by Crippen LogP contribution is 2.06. The molecule has 0 bridgehead atoms. The summed E-state index contributed by atoms with van der Waals surface area (Å²) in [7, 11) is 0. The van der Waals surface area contributed by atoms with Crippen LogP contribution in [-0.2, 0) is 28.8 Å². The van der Waals surface area contributed by atoms with Gasteiger partial charge >= 0.3 is 5.97 Å². The highest BCUT2D eigenvalue weighted by atomic mass is 16.4. The molecule has 0 aromatic carbocycles. The van der Waals surface area contributed by atoms with Crippen LogP contribution in [0, 0.1) is 0 Å². The molecule has 0 aromatic rings. The van der Waals surface area contributed by atoms with Gasteiger partial charge in [0.15, 0.2) is 0 Å². The first-order valence-electron chi connectivity index (χ1n) is 13.5. The standard InChI is InChI=1S/C24H46N8O9/c1-13(34)19(28)23(39)30-15(7-3-5-11-26)21(37)32-17(12-33)22(38)29-14(6-2-4-10-25)20(36)31-16(24(40)41)8-9-18(27)35/h13-17,19,33-34H,2-12,25-26,28H2,1H3,(H2,27,35)(H,29,38)(H,30,39)(H,31,36)(H,32,37)(H,40,41). The van der Waals surface area contributed by atoms with E-state index >= 15 is 0 Å². The van der Waals surface area contributed by atoms with E-state index in [0.29, 0.717) is 38.8 Å². The fourth-order valence-electron chi connectivity index (χ4n) is 3.57. The summed E-state index contributed by atoms with van der Waals surface area (Å²) < 4.78 is 0. The van der Waals surface area contributed by atoms with E-state index in [4.69, 9.17) is 22.9 Å². The Morgan fingerprint density at radius 3 is 1.49 bits per heavy atom. The predicted octanol–water partition coefficient (Wildman–Crippen LogP) is -4.77. The van der Waals surface area contributed by atoms with Crippen LogP contribution < -0.4 is 44.2 Å². The summed E-state index contributed by atoms with van der Waals surface area (Å²) in [5.74, 6) is -5.63. The lowest BCUT2D eigenvalue weighted by molar-refractivity contribution is -0.142. The monoisotopic (exact) mass is 590 g/mol. The van der Waals surface area contributed by atoms with Crippen LogP contribution >= 0.6 is 0 Å². The molecule has 41 heavy (non-hydrogen) atoms. The van der Waals surface area contributed by atoms with Crippen molar-refractivity contribution in [3.05, 3.63) is 0 Å². The van der Waals surface area contributed by atoms with E-state index < -0.39 is 78.4 Å². The minimum absolute atomic E-state index is 0.0536. The van der Waals surface area contributed by atoms with Gasteiger partial charge < -0.3 is 59.5 Å². The number of hydrogen-bond donors (Lipinski definition) is 11. The van der Waals surface area contributed by atoms with E-state index in [0.717, 1.165) is 0 Å². The number of carbonyl (C=O) groups is 6. The summed E-state index contributed by atoms with van der Waals surface area (Å²) in [5, 5.41) is 38.2. The number of primary amides is 1. The average Bonchev–Trinajstić information content (AvgIpc) is 2.91. The summed E-state index contributed by atoms with van der Waals surface area (Å²) in [5.41, 5.74) is 21.7. The third kappa shape index (κ3) is 15.3. The number of carboxylic acids is 1. The Morgan fingerprint density at radius 1 is 0.683 bits per heavy atom. The lowest BCUT2D eigenvalue weighted by Gasteiger charge is -2.26. The molecular formula is C24H46N8O9. The maximum Gasteiger partial charge on any atom is 0.326 e. The Kier molecular flexibility index (Phi) is 18.8. The van der Waals surface area contributed by atoms with E-state index in [1.54, 1.807) is 0 Å². The lowest BCUT2D eigenvalue weighted by atomic mass is 10.1. The van der Waals surface area contributed by atoms with Crippen LogP contribution in [0.15, 0.2) is 0 Å². The number of rotatable bonds is 22. The largest absolute Gasteiger partial charge is 0.480 e.